The number of ether oxygens (including phenoxy) is 4. The molecule has 0 aliphatic heterocycles. The van der Waals surface area contributed by atoms with Gasteiger partial charge in [-0.1, -0.05) is 6.08 Å². The van der Waals surface area contributed by atoms with E-state index in [1.807, 2.05) is 13.8 Å². The first kappa shape index (κ1) is 17.6. The topological polar surface area (TPSA) is 36.9 Å². The summed E-state index contributed by atoms with van der Waals surface area (Å²) in [5, 5.41) is 0. The average molecular weight is 285 g/mol. The Morgan fingerprint density at radius 1 is 0.900 bits per heavy atom. The third kappa shape index (κ3) is 7.39. The first-order valence-electron chi connectivity index (χ1n) is 7.69. The van der Waals surface area contributed by atoms with E-state index in [2.05, 4.69) is 12.2 Å². The normalized spacial score (nSPS) is 17.5. The maximum atomic E-state index is 5.77. The Morgan fingerprint density at radius 2 is 1.45 bits per heavy atom. The number of hydrogen-bond donors (Lipinski definition) is 0. The monoisotopic (exact) mass is 285 g/mol. The fraction of sp³-hybridized carbons (Fsp3) is 0.875. The van der Waals surface area contributed by atoms with Crippen molar-refractivity contribution in [3.8, 4) is 0 Å². The molecule has 1 radical (unpaired) electrons. The van der Waals surface area contributed by atoms with E-state index in [0.29, 0.717) is 26.4 Å². The molecule has 0 atom stereocenters. The summed E-state index contributed by atoms with van der Waals surface area (Å²) >= 11 is 0. The minimum absolute atomic E-state index is 0.101. The van der Waals surface area contributed by atoms with Gasteiger partial charge >= 0.3 is 0 Å². The molecule has 1 aliphatic carbocycles. The van der Waals surface area contributed by atoms with Crippen LogP contribution in [0.2, 0.25) is 0 Å². The summed E-state index contributed by atoms with van der Waals surface area (Å²) in [6.07, 6.45) is 8.45. The van der Waals surface area contributed by atoms with Gasteiger partial charge in [0, 0.05) is 18.6 Å². The molecule has 0 aromatic heterocycles. The molecule has 20 heavy (non-hydrogen) atoms. The zero-order chi connectivity index (χ0) is 14.5. The van der Waals surface area contributed by atoms with Gasteiger partial charge in [-0.3, -0.25) is 0 Å². The van der Waals surface area contributed by atoms with Gasteiger partial charge in [-0.05, 0) is 39.2 Å². The van der Waals surface area contributed by atoms with Crippen molar-refractivity contribution in [3.63, 3.8) is 0 Å². The first-order valence-corrected chi connectivity index (χ1v) is 7.69. The van der Waals surface area contributed by atoms with Crippen LogP contribution in [0.5, 0.6) is 0 Å². The van der Waals surface area contributed by atoms with Crippen LogP contribution in [0.1, 0.15) is 33.1 Å². The van der Waals surface area contributed by atoms with Crippen LogP contribution in [-0.2, 0) is 18.9 Å². The summed E-state index contributed by atoms with van der Waals surface area (Å²) < 4.78 is 22.1. The van der Waals surface area contributed by atoms with Gasteiger partial charge in [0.1, 0.15) is 0 Å². The van der Waals surface area contributed by atoms with Crippen molar-refractivity contribution >= 4 is 0 Å². The van der Waals surface area contributed by atoms with Crippen molar-refractivity contribution in [1.29, 1.82) is 0 Å². The van der Waals surface area contributed by atoms with Gasteiger partial charge < -0.3 is 18.9 Å². The summed E-state index contributed by atoms with van der Waals surface area (Å²) in [7, 11) is 0. The average Bonchev–Trinajstić information content (AvgIpc) is 2.48. The second kappa shape index (κ2) is 11.3. The van der Waals surface area contributed by atoms with Crippen molar-refractivity contribution in [2.45, 2.75) is 33.1 Å². The van der Waals surface area contributed by atoms with E-state index in [4.69, 9.17) is 18.9 Å². The van der Waals surface area contributed by atoms with E-state index in [1.54, 1.807) is 0 Å². The Morgan fingerprint density at radius 3 is 1.90 bits per heavy atom. The van der Waals surface area contributed by atoms with Crippen LogP contribution in [-0.4, -0.2) is 52.9 Å². The van der Waals surface area contributed by atoms with Crippen LogP contribution in [0.4, 0.5) is 0 Å². The molecule has 4 nitrogen and oxygen atoms in total. The predicted octanol–water partition coefficient (Wildman–Crippen LogP) is 2.62. The lowest BCUT2D eigenvalue weighted by Crippen LogP contribution is -2.34. The molecule has 0 amide bonds. The Bertz CT molecular complexity index is 239. The van der Waals surface area contributed by atoms with Gasteiger partial charge in [-0.25, -0.2) is 0 Å². The van der Waals surface area contributed by atoms with Crippen LogP contribution >= 0.6 is 0 Å². The van der Waals surface area contributed by atoms with Crippen molar-refractivity contribution in [3.05, 3.63) is 12.2 Å². The minimum atomic E-state index is 0.101. The summed E-state index contributed by atoms with van der Waals surface area (Å²) in [6, 6.07) is 0. The highest BCUT2D eigenvalue weighted by Crippen LogP contribution is 2.33. The van der Waals surface area contributed by atoms with Crippen LogP contribution in [0.25, 0.3) is 0 Å². The second-order valence-corrected chi connectivity index (χ2v) is 5.11. The predicted molar refractivity (Wildman–Crippen MR) is 78.7 cm³/mol. The molecule has 0 saturated carbocycles. The standard InChI is InChI=1S/C16H29O4/c1-3-17-10-12-19-14-16(8-6-5-7-9-16)15-20-13-11-18-4-2/h6H,3-4,7-15H2,1-2H3. The molecule has 0 fully saturated rings. The Balaban J connectivity index is 2.24. The molecule has 0 saturated heterocycles. The lowest BCUT2D eigenvalue weighted by atomic mass is 9.78. The molecule has 0 spiro atoms. The van der Waals surface area contributed by atoms with Crippen molar-refractivity contribution < 1.29 is 18.9 Å². The molecular weight excluding hydrogens is 256 g/mol. The lowest BCUT2D eigenvalue weighted by Gasteiger charge is -2.34. The molecule has 117 valence electrons. The van der Waals surface area contributed by atoms with Gasteiger partial charge in [-0.2, -0.15) is 0 Å². The summed E-state index contributed by atoms with van der Waals surface area (Å²) in [5.41, 5.74) is 0.101. The van der Waals surface area contributed by atoms with Gasteiger partial charge in [0.25, 0.3) is 0 Å². The zero-order valence-corrected chi connectivity index (χ0v) is 13.0. The van der Waals surface area contributed by atoms with E-state index in [9.17, 15) is 0 Å². The van der Waals surface area contributed by atoms with Gasteiger partial charge in [0.15, 0.2) is 0 Å². The SMILES string of the molecule is CCOCCOCC1(COCCOCC)CC=[C]CC1. The van der Waals surface area contributed by atoms with E-state index in [-0.39, 0.29) is 5.41 Å². The third-order valence-corrected chi connectivity index (χ3v) is 3.45. The largest absolute Gasteiger partial charge is 0.379 e. The van der Waals surface area contributed by atoms with Gasteiger partial charge in [0.2, 0.25) is 0 Å². The quantitative estimate of drug-likeness (QED) is 0.517. The Kier molecular flexibility index (Phi) is 9.93. The molecule has 4 heteroatoms. The molecule has 1 rings (SSSR count). The third-order valence-electron chi connectivity index (χ3n) is 3.45. The van der Waals surface area contributed by atoms with Crippen LogP contribution < -0.4 is 0 Å². The maximum absolute atomic E-state index is 5.77. The fourth-order valence-corrected chi connectivity index (χ4v) is 2.24. The minimum Gasteiger partial charge on any atom is -0.379 e. The second-order valence-electron chi connectivity index (χ2n) is 5.11. The molecule has 0 unspecified atom stereocenters. The molecule has 0 N–H and O–H groups in total. The molecule has 1 aliphatic rings. The lowest BCUT2D eigenvalue weighted by molar-refractivity contribution is -0.0498. The van der Waals surface area contributed by atoms with Crippen LogP contribution in [0.15, 0.2) is 6.08 Å². The molecular formula is C16H29O4. The molecule has 0 heterocycles. The summed E-state index contributed by atoms with van der Waals surface area (Å²) in [4.78, 5) is 0. The van der Waals surface area contributed by atoms with E-state index in [1.165, 1.54) is 0 Å². The Hall–Kier alpha value is -0.420. The van der Waals surface area contributed by atoms with Gasteiger partial charge in [-0.15, -0.1) is 0 Å². The summed E-state index contributed by atoms with van der Waals surface area (Å²) in [6.45, 7) is 9.58. The number of hydrogen-bond acceptors (Lipinski definition) is 4. The first-order chi connectivity index (χ1) is 9.83. The van der Waals surface area contributed by atoms with Crippen LogP contribution in [0, 0.1) is 11.5 Å². The fourth-order valence-electron chi connectivity index (χ4n) is 2.24. The summed E-state index contributed by atoms with van der Waals surface area (Å²) in [5.74, 6) is 0. The van der Waals surface area contributed by atoms with Crippen LogP contribution in [0.3, 0.4) is 0 Å². The van der Waals surface area contributed by atoms with E-state index in [0.717, 1.165) is 45.7 Å². The Labute approximate surface area is 123 Å². The zero-order valence-electron chi connectivity index (χ0n) is 13.0. The molecule has 0 bridgehead atoms. The van der Waals surface area contributed by atoms with Crippen molar-refractivity contribution in [1.82, 2.24) is 0 Å². The maximum Gasteiger partial charge on any atom is 0.0700 e. The molecule has 0 aromatic carbocycles. The highest BCUT2D eigenvalue weighted by atomic mass is 16.5. The highest BCUT2D eigenvalue weighted by molar-refractivity contribution is 4.94. The van der Waals surface area contributed by atoms with Crippen molar-refractivity contribution in [2.24, 2.45) is 5.41 Å². The van der Waals surface area contributed by atoms with Gasteiger partial charge in [0.05, 0.1) is 39.6 Å². The van der Waals surface area contributed by atoms with E-state index < -0.39 is 0 Å². The smallest absolute Gasteiger partial charge is 0.0700 e. The highest BCUT2D eigenvalue weighted by Gasteiger charge is 2.31. The number of allylic oxidation sites excluding steroid dienone is 2. The molecule has 0 aromatic rings. The van der Waals surface area contributed by atoms with E-state index >= 15 is 0 Å². The number of rotatable bonds is 12. The van der Waals surface area contributed by atoms with Crippen molar-refractivity contribution in [2.75, 3.05) is 52.9 Å².